The van der Waals surface area contributed by atoms with E-state index in [0.717, 1.165) is 5.69 Å². The molecule has 0 aliphatic carbocycles. The highest BCUT2D eigenvalue weighted by Crippen LogP contribution is 2.35. The van der Waals surface area contributed by atoms with Crippen molar-refractivity contribution in [2.75, 3.05) is 0 Å². The third kappa shape index (κ3) is 2.74. The van der Waals surface area contributed by atoms with Crippen LogP contribution in [0, 0.1) is 0 Å². The SMILES string of the molecule is c1ccc(C(c2ccccc2)c2ccccc2-n2ccnc2)cc1. The molecule has 0 bridgehead atoms. The van der Waals surface area contributed by atoms with Crippen LogP contribution >= 0.6 is 0 Å². The van der Waals surface area contributed by atoms with Crippen molar-refractivity contribution in [3.05, 3.63) is 120 Å². The maximum absolute atomic E-state index is 4.21. The van der Waals surface area contributed by atoms with Gasteiger partial charge in [0.1, 0.15) is 0 Å². The lowest BCUT2D eigenvalue weighted by molar-refractivity contribution is 0.933. The summed E-state index contributed by atoms with van der Waals surface area (Å²) in [5, 5.41) is 0. The maximum atomic E-state index is 4.21. The van der Waals surface area contributed by atoms with Crippen LogP contribution in [0.2, 0.25) is 0 Å². The fraction of sp³-hybridized carbons (Fsp3) is 0.0455. The molecule has 0 saturated carbocycles. The van der Waals surface area contributed by atoms with Crippen LogP contribution in [0.15, 0.2) is 104 Å². The Balaban J connectivity index is 1.93. The van der Waals surface area contributed by atoms with Crippen molar-refractivity contribution in [3.63, 3.8) is 0 Å². The molecule has 4 rings (SSSR count). The number of para-hydroxylation sites is 1. The first-order chi connectivity index (χ1) is 11.9. The smallest absolute Gasteiger partial charge is 0.0991 e. The molecule has 1 heterocycles. The number of hydrogen-bond acceptors (Lipinski definition) is 1. The van der Waals surface area contributed by atoms with Gasteiger partial charge in [0.2, 0.25) is 0 Å². The molecule has 0 N–H and O–H groups in total. The lowest BCUT2D eigenvalue weighted by atomic mass is 9.84. The Kier molecular flexibility index (Phi) is 3.95. The maximum Gasteiger partial charge on any atom is 0.0991 e. The normalized spacial score (nSPS) is 10.9. The molecule has 0 spiro atoms. The molecule has 0 aliphatic rings. The molecule has 116 valence electrons. The molecular weight excluding hydrogens is 292 g/mol. The Labute approximate surface area is 142 Å². The van der Waals surface area contributed by atoms with E-state index in [4.69, 9.17) is 0 Å². The Bertz CT molecular complexity index is 858. The fourth-order valence-electron chi connectivity index (χ4n) is 3.21. The van der Waals surface area contributed by atoms with Gasteiger partial charge in [-0.1, -0.05) is 78.9 Å². The van der Waals surface area contributed by atoms with Gasteiger partial charge in [-0.25, -0.2) is 4.98 Å². The zero-order valence-corrected chi connectivity index (χ0v) is 13.3. The minimum atomic E-state index is 0.186. The van der Waals surface area contributed by atoms with Gasteiger partial charge in [-0.3, -0.25) is 0 Å². The number of aromatic nitrogens is 2. The fourth-order valence-corrected chi connectivity index (χ4v) is 3.21. The van der Waals surface area contributed by atoms with Crippen LogP contribution in [0.3, 0.4) is 0 Å². The predicted octanol–water partition coefficient (Wildman–Crippen LogP) is 5.05. The van der Waals surface area contributed by atoms with Crippen LogP contribution in [0.1, 0.15) is 22.6 Å². The average molecular weight is 310 g/mol. The standard InChI is InChI=1S/C22H18N2/c1-3-9-18(10-4-1)22(19-11-5-2-6-12-19)20-13-7-8-14-21(20)24-16-15-23-17-24/h1-17,22H. The minimum absolute atomic E-state index is 0.186. The Morgan fingerprint density at radius 1 is 0.667 bits per heavy atom. The summed E-state index contributed by atoms with van der Waals surface area (Å²) in [6.45, 7) is 0. The second kappa shape index (κ2) is 6.55. The van der Waals surface area contributed by atoms with Crippen LogP contribution in [-0.2, 0) is 0 Å². The van der Waals surface area contributed by atoms with Crippen LogP contribution in [0.5, 0.6) is 0 Å². The van der Waals surface area contributed by atoms with E-state index in [0.29, 0.717) is 0 Å². The third-order valence-electron chi connectivity index (χ3n) is 4.30. The monoisotopic (exact) mass is 310 g/mol. The highest BCUT2D eigenvalue weighted by atomic mass is 15.0. The van der Waals surface area contributed by atoms with E-state index < -0.39 is 0 Å². The highest BCUT2D eigenvalue weighted by Gasteiger charge is 2.19. The first-order valence-corrected chi connectivity index (χ1v) is 8.10. The van der Waals surface area contributed by atoms with E-state index >= 15 is 0 Å². The molecule has 3 aromatic carbocycles. The van der Waals surface area contributed by atoms with Crippen molar-refractivity contribution in [2.24, 2.45) is 0 Å². The molecule has 0 aliphatic heterocycles. The van der Waals surface area contributed by atoms with Crippen molar-refractivity contribution in [3.8, 4) is 5.69 Å². The van der Waals surface area contributed by atoms with Gasteiger partial charge in [0, 0.05) is 18.3 Å². The highest BCUT2D eigenvalue weighted by molar-refractivity contribution is 5.52. The van der Waals surface area contributed by atoms with Gasteiger partial charge in [0.25, 0.3) is 0 Å². The van der Waals surface area contributed by atoms with Crippen LogP contribution < -0.4 is 0 Å². The summed E-state index contributed by atoms with van der Waals surface area (Å²) in [6.07, 6.45) is 5.66. The number of rotatable bonds is 4. The van der Waals surface area contributed by atoms with Crippen molar-refractivity contribution < 1.29 is 0 Å². The van der Waals surface area contributed by atoms with Crippen molar-refractivity contribution >= 4 is 0 Å². The van der Waals surface area contributed by atoms with Gasteiger partial charge < -0.3 is 4.57 Å². The zero-order chi connectivity index (χ0) is 16.2. The third-order valence-corrected chi connectivity index (χ3v) is 4.30. The summed E-state index contributed by atoms with van der Waals surface area (Å²) >= 11 is 0. The molecule has 2 heteroatoms. The van der Waals surface area contributed by atoms with E-state index in [1.165, 1.54) is 16.7 Å². The Morgan fingerprint density at radius 2 is 1.25 bits per heavy atom. The summed E-state index contributed by atoms with van der Waals surface area (Å²) in [5.74, 6) is 0.186. The van der Waals surface area contributed by atoms with E-state index in [1.807, 2.05) is 18.7 Å². The number of hydrogen-bond donors (Lipinski definition) is 0. The summed E-state index contributed by atoms with van der Waals surface area (Å²) in [5.41, 5.74) is 5.01. The average Bonchev–Trinajstić information content (AvgIpc) is 3.19. The molecule has 0 saturated heterocycles. The molecule has 24 heavy (non-hydrogen) atoms. The molecule has 0 unspecified atom stereocenters. The molecule has 1 aromatic heterocycles. The Hall–Kier alpha value is -3.13. The molecule has 0 radical (unpaired) electrons. The lowest BCUT2D eigenvalue weighted by Crippen LogP contribution is -2.07. The molecule has 0 amide bonds. The van der Waals surface area contributed by atoms with Crippen molar-refractivity contribution in [1.29, 1.82) is 0 Å². The van der Waals surface area contributed by atoms with E-state index in [2.05, 4.69) is 94.5 Å². The van der Waals surface area contributed by atoms with Gasteiger partial charge >= 0.3 is 0 Å². The van der Waals surface area contributed by atoms with Gasteiger partial charge in [-0.05, 0) is 22.8 Å². The first-order valence-electron chi connectivity index (χ1n) is 8.10. The molecule has 0 atom stereocenters. The van der Waals surface area contributed by atoms with E-state index in [1.54, 1.807) is 0 Å². The van der Waals surface area contributed by atoms with E-state index in [9.17, 15) is 0 Å². The minimum Gasteiger partial charge on any atom is -0.306 e. The Morgan fingerprint density at radius 3 is 1.83 bits per heavy atom. The van der Waals surface area contributed by atoms with Crippen LogP contribution in [-0.4, -0.2) is 9.55 Å². The summed E-state index contributed by atoms with van der Waals surface area (Å²) in [7, 11) is 0. The topological polar surface area (TPSA) is 17.8 Å². The first kappa shape index (κ1) is 14.5. The van der Waals surface area contributed by atoms with Gasteiger partial charge in [-0.2, -0.15) is 0 Å². The second-order valence-corrected chi connectivity index (χ2v) is 5.78. The van der Waals surface area contributed by atoms with Crippen molar-refractivity contribution in [2.45, 2.75) is 5.92 Å². The van der Waals surface area contributed by atoms with Gasteiger partial charge in [0.05, 0.1) is 12.0 Å². The lowest BCUT2D eigenvalue weighted by Gasteiger charge is -2.22. The zero-order valence-electron chi connectivity index (χ0n) is 13.3. The summed E-state index contributed by atoms with van der Waals surface area (Å²) in [4.78, 5) is 4.21. The summed E-state index contributed by atoms with van der Waals surface area (Å²) in [6, 6.07) is 29.9. The van der Waals surface area contributed by atoms with Crippen LogP contribution in [0.4, 0.5) is 0 Å². The van der Waals surface area contributed by atoms with Gasteiger partial charge in [-0.15, -0.1) is 0 Å². The molecular formula is C22H18N2. The molecule has 2 nitrogen and oxygen atoms in total. The largest absolute Gasteiger partial charge is 0.306 e. The molecule has 4 aromatic rings. The van der Waals surface area contributed by atoms with Crippen molar-refractivity contribution in [1.82, 2.24) is 9.55 Å². The quantitative estimate of drug-likeness (QED) is 0.482. The number of nitrogens with zero attached hydrogens (tertiary/aromatic N) is 2. The molecule has 0 fully saturated rings. The number of benzene rings is 3. The summed E-state index contributed by atoms with van der Waals surface area (Å²) < 4.78 is 2.08. The second-order valence-electron chi connectivity index (χ2n) is 5.78. The number of imidazole rings is 1. The predicted molar refractivity (Wildman–Crippen MR) is 97.4 cm³/mol. The van der Waals surface area contributed by atoms with Crippen LogP contribution in [0.25, 0.3) is 5.69 Å². The van der Waals surface area contributed by atoms with Gasteiger partial charge in [0.15, 0.2) is 0 Å². The van der Waals surface area contributed by atoms with E-state index in [-0.39, 0.29) is 5.92 Å².